The van der Waals surface area contributed by atoms with E-state index < -0.39 is 0 Å². The van der Waals surface area contributed by atoms with Crippen LogP contribution in [0.2, 0.25) is 0 Å². The van der Waals surface area contributed by atoms with Crippen LogP contribution in [0.1, 0.15) is 65.1 Å². The number of nitrogens with one attached hydrogen (secondary N) is 1. The third-order valence-corrected chi connectivity index (χ3v) is 4.47. The van der Waals surface area contributed by atoms with Crippen LogP contribution in [-0.2, 0) is 17.7 Å². The van der Waals surface area contributed by atoms with Crippen molar-refractivity contribution in [1.29, 1.82) is 0 Å². The van der Waals surface area contributed by atoms with Gasteiger partial charge in [-0.3, -0.25) is 4.57 Å². The molecule has 0 atom stereocenters. The molecule has 0 bridgehead atoms. The predicted molar refractivity (Wildman–Crippen MR) is 97.7 cm³/mol. The molecule has 5 heteroatoms. The molecule has 1 aromatic heterocycles. The molecule has 0 saturated carbocycles. The Kier molecular flexibility index (Phi) is 8.60. The smallest absolute Gasteiger partial charge is 0.214 e. The Labute approximate surface area is 147 Å². The first-order chi connectivity index (χ1) is 11.7. The molecule has 1 aliphatic rings. The van der Waals surface area contributed by atoms with Gasteiger partial charge in [-0.15, -0.1) is 0 Å². The first kappa shape index (κ1) is 19.3. The number of rotatable bonds is 11. The molecule has 138 valence electrons. The summed E-state index contributed by atoms with van der Waals surface area (Å²) >= 11 is 0. The van der Waals surface area contributed by atoms with E-state index in [4.69, 9.17) is 9.47 Å². The minimum atomic E-state index is 0.190. The number of imidazole rings is 1. The van der Waals surface area contributed by atoms with Gasteiger partial charge in [0.15, 0.2) is 0 Å². The molecule has 0 radical (unpaired) electrons. The van der Waals surface area contributed by atoms with Gasteiger partial charge in [0.05, 0.1) is 12.3 Å². The third-order valence-electron chi connectivity index (χ3n) is 4.47. The lowest BCUT2D eigenvalue weighted by atomic mass is 10.1. The molecule has 0 amide bonds. The van der Waals surface area contributed by atoms with Gasteiger partial charge in [-0.2, -0.15) is 0 Å². The topological polar surface area (TPSA) is 48.3 Å². The van der Waals surface area contributed by atoms with Crippen molar-refractivity contribution < 1.29 is 9.47 Å². The zero-order valence-electron chi connectivity index (χ0n) is 15.7. The van der Waals surface area contributed by atoms with Crippen LogP contribution in [-0.4, -0.2) is 41.5 Å². The van der Waals surface area contributed by atoms with Crippen LogP contribution in [0.15, 0.2) is 6.20 Å². The Balaban J connectivity index is 1.77. The molecule has 1 saturated heterocycles. The quantitative estimate of drug-likeness (QED) is 0.627. The maximum Gasteiger partial charge on any atom is 0.214 e. The second-order valence-electron chi connectivity index (χ2n) is 6.98. The van der Waals surface area contributed by atoms with Gasteiger partial charge in [-0.25, -0.2) is 4.98 Å². The van der Waals surface area contributed by atoms with Crippen molar-refractivity contribution in [2.24, 2.45) is 0 Å². The lowest BCUT2D eigenvalue weighted by Crippen LogP contribution is -2.35. The first-order valence-electron chi connectivity index (χ1n) is 9.73. The van der Waals surface area contributed by atoms with Crippen LogP contribution in [0.3, 0.4) is 0 Å². The molecule has 0 aliphatic carbocycles. The summed E-state index contributed by atoms with van der Waals surface area (Å²) in [5.74, 6) is 2.10. The highest BCUT2D eigenvalue weighted by Crippen LogP contribution is 2.18. The molecule has 1 fully saturated rings. The maximum atomic E-state index is 5.93. The van der Waals surface area contributed by atoms with E-state index in [0.717, 1.165) is 57.9 Å². The second-order valence-corrected chi connectivity index (χ2v) is 6.98. The van der Waals surface area contributed by atoms with Gasteiger partial charge < -0.3 is 14.8 Å². The molecule has 0 spiro atoms. The minimum Gasteiger partial charge on any atom is -0.475 e. The van der Waals surface area contributed by atoms with E-state index in [1.165, 1.54) is 25.1 Å². The molecule has 0 unspecified atom stereocenters. The standard InChI is InChI=1S/C19H35N3O2/c1-4-5-8-18-21-15-19(24-16(2)3)22(18)12-7-6-11-20-17-9-13-23-14-10-17/h15-17,20H,4-14H2,1-3H3. The number of aromatic nitrogens is 2. The van der Waals surface area contributed by atoms with Crippen molar-refractivity contribution in [2.45, 2.75) is 84.4 Å². The average molecular weight is 338 g/mol. The average Bonchev–Trinajstić information content (AvgIpc) is 2.95. The molecule has 5 nitrogen and oxygen atoms in total. The van der Waals surface area contributed by atoms with Crippen LogP contribution >= 0.6 is 0 Å². The second kappa shape index (κ2) is 10.7. The van der Waals surface area contributed by atoms with Gasteiger partial charge in [-0.05, 0) is 52.5 Å². The fourth-order valence-electron chi connectivity index (χ4n) is 3.11. The Morgan fingerprint density at radius 2 is 2.08 bits per heavy atom. The van der Waals surface area contributed by atoms with Crippen LogP contribution in [0.5, 0.6) is 5.88 Å². The minimum absolute atomic E-state index is 0.190. The summed E-state index contributed by atoms with van der Waals surface area (Å²) in [4.78, 5) is 4.59. The monoisotopic (exact) mass is 337 g/mol. The van der Waals surface area contributed by atoms with Crippen molar-refractivity contribution in [3.05, 3.63) is 12.0 Å². The molecule has 1 aromatic rings. The lowest BCUT2D eigenvalue weighted by Gasteiger charge is -2.23. The highest BCUT2D eigenvalue weighted by Gasteiger charge is 2.13. The van der Waals surface area contributed by atoms with Gasteiger partial charge in [0.1, 0.15) is 5.82 Å². The summed E-state index contributed by atoms with van der Waals surface area (Å²) in [7, 11) is 0. The van der Waals surface area contributed by atoms with Crippen LogP contribution < -0.4 is 10.1 Å². The SMILES string of the molecule is CCCCc1ncc(OC(C)C)n1CCCCNC1CCOCC1. The van der Waals surface area contributed by atoms with E-state index in [-0.39, 0.29) is 6.10 Å². The van der Waals surface area contributed by atoms with Gasteiger partial charge in [-0.1, -0.05) is 13.3 Å². The van der Waals surface area contributed by atoms with Gasteiger partial charge >= 0.3 is 0 Å². The molecule has 0 aromatic carbocycles. The Hall–Kier alpha value is -1.07. The number of aryl methyl sites for hydroxylation is 1. The predicted octanol–water partition coefficient (Wildman–Crippen LogP) is 3.56. The van der Waals surface area contributed by atoms with E-state index in [2.05, 4.69) is 35.6 Å². The fourth-order valence-corrected chi connectivity index (χ4v) is 3.11. The lowest BCUT2D eigenvalue weighted by molar-refractivity contribution is 0.0779. The summed E-state index contributed by atoms with van der Waals surface area (Å²) in [6.45, 7) is 10.3. The van der Waals surface area contributed by atoms with Crippen molar-refractivity contribution >= 4 is 0 Å². The Bertz CT molecular complexity index is 453. The van der Waals surface area contributed by atoms with Crippen LogP contribution in [0, 0.1) is 0 Å². The molecule has 1 N–H and O–H groups in total. The number of ether oxygens (including phenoxy) is 2. The van der Waals surface area contributed by atoms with Crippen molar-refractivity contribution in [3.8, 4) is 5.88 Å². The maximum absolute atomic E-state index is 5.93. The van der Waals surface area contributed by atoms with Crippen LogP contribution in [0.25, 0.3) is 0 Å². The summed E-state index contributed by atoms with van der Waals surface area (Å²) in [6.07, 6.45) is 10.1. The van der Waals surface area contributed by atoms with E-state index in [1.54, 1.807) is 0 Å². The highest BCUT2D eigenvalue weighted by atomic mass is 16.5. The largest absolute Gasteiger partial charge is 0.475 e. The molecular weight excluding hydrogens is 302 g/mol. The van der Waals surface area contributed by atoms with Crippen molar-refractivity contribution in [3.63, 3.8) is 0 Å². The molecule has 1 aliphatic heterocycles. The summed E-state index contributed by atoms with van der Waals surface area (Å²) < 4.78 is 13.6. The fraction of sp³-hybridized carbons (Fsp3) is 0.842. The van der Waals surface area contributed by atoms with Crippen molar-refractivity contribution in [2.75, 3.05) is 19.8 Å². The summed E-state index contributed by atoms with van der Waals surface area (Å²) in [5, 5.41) is 3.66. The molecule has 2 rings (SSSR count). The number of hydrogen-bond acceptors (Lipinski definition) is 4. The van der Waals surface area contributed by atoms with Gasteiger partial charge in [0.25, 0.3) is 0 Å². The number of nitrogens with zero attached hydrogens (tertiary/aromatic N) is 2. The van der Waals surface area contributed by atoms with E-state index in [1.807, 2.05) is 6.20 Å². The molecule has 24 heavy (non-hydrogen) atoms. The first-order valence-corrected chi connectivity index (χ1v) is 9.73. The zero-order valence-corrected chi connectivity index (χ0v) is 15.7. The van der Waals surface area contributed by atoms with Crippen LogP contribution in [0.4, 0.5) is 0 Å². The van der Waals surface area contributed by atoms with E-state index in [9.17, 15) is 0 Å². The molecular formula is C19H35N3O2. The number of hydrogen-bond donors (Lipinski definition) is 1. The van der Waals surface area contributed by atoms with Gasteiger partial charge in [0.2, 0.25) is 5.88 Å². The highest BCUT2D eigenvalue weighted by molar-refractivity contribution is 5.12. The normalized spacial score (nSPS) is 16.0. The summed E-state index contributed by atoms with van der Waals surface area (Å²) in [6, 6.07) is 0.645. The molecule has 2 heterocycles. The Morgan fingerprint density at radius 1 is 1.29 bits per heavy atom. The van der Waals surface area contributed by atoms with Gasteiger partial charge in [0, 0.05) is 32.2 Å². The zero-order chi connectivity index (χ0) is 17.2. The van der Waals surface area contributed by atoms with E-state index >= 15 is 0 Å². The summed E-state index contributed by atoms with van der Waals surface area (Å²) in [5.41, 5.74) is 0. The van der Waals surface area contributed by atoms with E-state index in [0.29, 0.717) is 6.04 Å². The third kappa shape index (κ3) is 6.44. The van der Waals surface area contributed by atoms with Crippen molar-refractivity contribution in [1.82, 2.24) is 14.9 Å². The number of unbranched alkanes of at least 4 members (excludes halogenated alkanes) is 2. The Morgan fingerprint density at radius 3 is 2.79 bits per heavy atom.